The number of nitrogens with zero attached hydrogens (tertiary/aromatic N) is 2. The van der Waals surface area contributed by atoms with Crippen molar-refractivity contribution >= 4 is 10.0 Å². The lowest BCUT2D eigenvalue weighted by Gasteiger charge is -2.37. The maximum absolute atomic E-state index is 12.5. The summed E-state index contributed by atoms with van der Waals surface area (Å²) in [5, 5.41) is 0. The molecule has 1 aromatic carbocycles. The molecule has 24 heavy (non-hydrogen) atoms. The average Bonchev–Trinajstić information content (AvgIpc) is 2.51. The fraction of sp³-hybridized carbons (Fsp3) is 0.625. The van der Waals surface area contributed by atoms with Crippen molar-refractivity contribution in [3.8, 4) is 0 Å². The fourth-order valence-electron chi connectivity index (χ4n) is 2.96. The van der Waals surface area contributed by atoms with Gasteiger partial charge in [0, 0.05) is 25.7 Å². The van der Waals surface area contributed by atoms with Crippen LogP contribution in [0.3, 0.4) is 0 Å². The Morgan fingerprint density at radius 2 is 1.92 bits per heavy atom. The molecule has 0 N–H and O–H groups in total. The van der Waals surface area contributed by atoms with Gasteiger partial charge < -0.3 is 4.90 Å². The van der Waals surface area contributed by atoms with Gasteiger partial charge in [0.05, 0.1) is 0 Å². The molecule has 1 atom stereocenters. The van der Waals surface area contributed by atoms with Crippen LogP contribution >= 0.6 is 0 Å². The molecule has 136 valence electrons. The monoisotopic (exact) mass is 364 g/mol. The van der Waals surface area contributed by atoms with E-state index in [2.05, 4.69) is 0 Å². The quantitative estimate of drug-likeness (QED) is 0.779. The summed E-state index contributed by atoms with van der Waals surface area (Å²) in [6.45, 7) is 1.03. The second-order valence-electron chi connectivity index (χ2n) is 6.24. The normalized spacial score (nSPS) is 20.5. The molecule has 1 saturated heterocycles. The zero-order chi connectivity index (χ0) is 17.8. The van der Waals surface area contributed by atoms with Crippen LogP contribution in [0.25, 0.3) is 0 Å². The number of hydrogen-bond donors (Lipinski definition) is 0. The van der Waals surface area contributed by atoms with E-state index in [1.165, 1.54) is 5.56 Å². The van der Waals surface area contributed by atoms with Crippen LogP contribution in [0, 0.1) is 0 Å². The van der Waals surface area contributed by atoms with Crippen molar-refractivity contribution in [2.75, 3.05) is 32.4 Å². The summed E-state index contributed by atoms with van der Waals surface area (Å²) in [5.74, 6) is -1.78. The number of alkyl halides is 3. The minimum Gasteiger partial charge on any atom is -0.302 e. The fourth-order valence-corrected chi connectivity index (χ4v) is 4.37. The first-order valence-electron chi connectivity index (χ1n) is 7.96. The molecule has 0 bridgehead atoms. The number of hydrogen-bond acceptors (Lipinski definition) is 3. The highest BCUT2D eigenvalue weighted by atomic mass is 32.2. The lowest BCUT2D eigenvalue weighted by Crippen LogP contribution is -2.50. The molecule has 1 aromatic rings. The first kappa shape index (κ1) is 19.2. The lowest BCUT2D eigenvalue weighted by atomic mass is 10.1. The van der Waals surface area contributed by atoms with Crippen LogP contribution < -0.4 is 0 Å². The smallest absolute Gasteiger partial charge is 0.302 e. The third kappa shape index (κ3) is 5.75. The highest BCUT2D eigenvalue weighted by molar-refractivity contribution is 7.89. The van der Waals surface area contributed by atoms with Crippen molar-refractivity contribution < 1.29 is 21.6 Å². The molecule has 2 rings (SSSR count). The molecule has 0 saturated carbocycles. The van der Waals surface area contributed by atoms with E-state index < -0.39 is 22.0 Å². The molecule has 1 aliphatic rings. The number of piperidine rings is 1. The van der Waals surface area contributed by atoms with Crippen molar-refractivity contribution in [3.05, 3.63) is 35.9 Å². The Balaban J connectivity index is 1.92. The summed E-state index contributed by atoms with van der Waals surface area (Å²) in [6, 6.07) is 9.86. The SMILES string of the molecule is CN(CCc1ccccc1)C1CCCN(S(=O)(=O)CC(F)(F)F)C1. The highest BCUT2D eigenvalue weighted by Gasteiger charge is 2.40. The standard InChI is InChI=1S/C16H23F3N2O2S/c1-20(11-9-14-6-3-2-4-7-14)15-8-5-10-21(12-15)24(22,23)13-16(17,18)19/h2-4,6-7,15H,5,8-13H2,1H3. The molecule has 0 spiro atoms. The summed E-state index contributed by atoms with van der Waals surface area (Å²) in [7, 11) is -2.40. The Hall–Kier alpha value is -1.12. The van der Waals surface area contributed by atoms with Crippen molar-refractivity contribution in [1.29, 1.82) is 0 Å². The number of halogens is 3. The molecule has 0 aromatic heterocycles. The second kappa shape index (κ2) is 7.84. The predicted molar refractivity (Wildman–Crippen MR) is 87.2 cm³/mol. The van der Waals surface area contributed by atoms with Crippen LogP contribution in [-0.2, 0) is 16.4 Å². The Morgan fingerprint density at radius 3 is 2.54 bits per heavy atom. The molecular formula is C16H23F3N2O2S. The van der Waals surface area contributed by atoms with Gasteiger partial charge in [-0.25, -0.2) is 12.7 Å². The largest absolute Gasteiger partial charge is 0.404 e. The number of sulfonamides is 1. The van der Waals surface area contributed by atoms with E-state index in [4.69, 9.17) is 0 Å². The number of benzene rings is 1. The van der Waals surface area contributed by atoms with Crippen molar-refractivity contribution in [2.45, 2.75) is 31.5 Å². The summed E-state index contributed by atoms with van der Waals surface area (Å²) < 4.78 is 62.2. The Morgan fingerprint density at radius 1 is 1.25 bits per heavy atom. The Bertz CT molecular complexity index is 620. The van der Waals surface area contributed by atoms with Gasteiger partial charge in [-0.15, -0.1) is 0 Å². The summed E-state index contributed by atoms with van der Waals surface area (Å²) in [4.78, 5) is 2.04. The van der Waals surface area contributed by atoms with Crippen LogP contribution in [-0.4, -0.2) is 62.3 Å². The van der Waals surface area contributed by atoms with Crippen LogP contribution in [0.4, 0.5) is 13.2 Å². The molecule has 4 nitrogen and oxygen atoms in total. The molecule has 1 fully saturated rings. The van der Waals surface area contributed by atoms with Crippen LogP contribution in [0.15, 0.2) is 30.3 Å². The topological polar surface area (TPSA) is 40.6 Å². The van der Waals surface area contributed by atoms with E-state index in [1.807, 2.05) is 42.3 Å². The van der Waals surface area contributed by atoms with Crippen LogP contribution in [0.2, 0.25) is 0 Å². The number of likely N-dealkylation sites (N-methyl/N-ethyl adjacent to an activating group) is 1. The zero-order valence-corrected chi connectivity index (χ0v) is 14.5. The van der Waals surface area contributed by atoms with Gasteiger partial charge in [0.25, 0.3) is 0 Å². The van der Waals surface area contributed by atoms with Gasteiger partial charge in [-0.3, -0.25) is 0 Å². The van der Waals surface area contributed by atoms with E-state index in [1.54, 1.807) is 0 Å². The third-order valence-corrected chi connectivity index (χ3v) is 6.13. The maximum Gasteiger partial charge on any atom is 0.404 e. The van der Waals surface area contributed by atoms with Gasteiger partial charge in [0.2, 0.25) is 10.0 Å². The summed E-state index contributed by atoms with van der Waals surface area (Å²) in [6.07, 6.45) is -2.51. The molecule has 0 radical (unpaired) electrons. The zero-order valence-electron chi connectivity index (χ0n) is 13.7. The highest BCUT2D eigenvalue weighted by Crippen LogP contribution is 2.23. The van der Waals surface area contributed by atoms with E-state index in [9.17, 15) is 21.6 Å². The Kier molecular flexibility index (Phi) is 6.28. The van der Waals surface area contributed by atoms with Crippen molar-refractivity contribution in [2.24, 2.45) is 0 Å². The van der Waals surface area contributed by atoms with Gasteiger partial charge in [-0.05, 0) is 31.9 Å². The molecular weight excluding hydrogens is 341 g/mol. The molecule has 1 heterocycles. The van der Waals surface area contributed by atoms with E-state index in [0.29, 0.717) is 6.42 Å². The molecule has 1 aliphatic heterocycles. The predicted octanol–water partition coefficient (Wildman–Crippen LogP) is 2.52. The van der Waals surface area contributed by atoms with Gasteiger partial charge >= 0.3 is 6.18 Å². The Labute approximate surface area is 141 Å². The van der Waals surface area contributed by atoms with Crippen LogP contribution in [0.5, 0.6) is 0 Å². The first-order valence-corrected chi connectivity index (χ1v) is 9.57. The first-order chi connectivity index (χ1) is 11.2. The van der Waals surface area contributed by atoms with E-state index in [0.717, 1.165) is 23.7 Å². The lowest BCUT2D eigenvalue weighted by molar-refractivity contribution is -0.107. The van der Waals surface area contributed by atoms with E-state index in [-0.39, 0.29) is 19.1 Å². The second-order valence-corrected chi connectivity index (χ2v) is 8.21. The molecule has 0 amide bonds. The summed E-state index contributed by atoms with van der Waals surface area (Å²) >= 11 is 0. The van der Waals surface area contributed by atoms with Gasteiger partial charge in [0.15, 0.2) is 5.75 Å². The van der Waals surface area contributed by atoms with Gasteiger partial charge in [-0.2, -0.15) is 13.2 Å². The van der Waals surface area contributed by atoms with Crippen LogP contribution in [0.1, 0.15) is 18.4 Å². The van der Waals surface area contributed by atoms with E-state index >= 15 is 0 Å². The number of rotatable bonds is 6. The van der Waals surface area contributed by atoms with Crippen molar-refractivity contribution in [3.63, 3.8) is 0 Å². The minimum atomic E-state index is -4.70. The minimum absolute atomic E-state index is 0.0505. The molecule has 8 heteroatoms. The molecule has 1 unspecified atom stereocenters. The third-order valence-electron chi connectivity index (χ3n) is 4.32. The average molecular weight is 364 g/mol. The summed E-state index contributed by atoms with van der Waals surface area (Å²) in [5.41, 5.74) is 1.18. The van der Waals surface area contributed by atoms with Crippen molar-refractivity contribution in [1.82, 2.24) is 9.21 Å². The maximum atomic E-state index is 12.5. The molecule has 0 aliphatic carbocycles. The van der Waals surface area contributed by atoms with Gasteiger partial charge in [0.1, 0.15) is 0 Å². The van der Waals surface area contributed by atoms with Gasteiger partial charge in [-0.1, -0.05) is 30.3 Å².